The molecule has 24 heavy (non-hydrogen) atoms. The molecule has 6 nitrogen and oxygen atoms in total. The van der Waals surface area contributed by atoms with Crippen molar-refractivity contribution < 1.29 is 9.59 Å². The SMILES string of the molecule is CC1=NN(c2ccc(C(=O)N[C@H]3CCC[C@@H](C(N)=O)C3)cc2)CC1. The number of anilines is 1. The smallest absolute Gasteiger partial charge is 0.251 e. The molecule has 6 heteroatoms. The zero-order valence-corrected chi connectivity index (χ0v) is 14.0. The summed E-state index contributed by atoms with van der Waals surface area (Å²) in [7, 11) is 0. The lowest BCUT2D eigenvalue weighted by atomic mass is 9.85. The van der Waals surface area contributed by atoms with Crippen LogP contribution in [0.5, 0.6) is 0 Å². The first kappa shape index (κ1) is 16.5. The molecule has 2 aliphatic rings. The highest BCUT2D eigenvalue weighted by Gasteiger charge is 2.26. The number of nitrogens with two attached hydrogens (primary N) is 1. The molecule has 1 heterocycles. The van der Waals surface area contributed by atoms with E-state index in [1.165, 1.54) is 0 Å². The van der Waals surface area contributed by atoms with E-state index in [0.29, 0.717) is 12.0 Å². The highest BCUT2D eigenvalue weighted by Crippen LogP contribution is 2.24. The number of nitrogens with one attached hydrogen (secondary N) is 1. The van der Waals surface area contributed by atoms with E-state index in [1.54, 1.807) is 0 Å². The predicted octanol–water partition coefficient (Wildman–Crippen LogP) is 2.05. The Labute approximate surface area is 142 Å². The van der Waals surface area contributed by atoms with Gasteiger partial charge in [-0.1, -0.05) is 6.42 Å². The lowest BCUT2D eigenvalue weighted by Gasteiger charge is -2.28. The van der Waals surface area contributed by atoms with Gasteiger partial charge < -0.3 is 11.1 Å². The Kier molecular flexibility index (Phi) is 4.83. The van der Waals surface area contributed by atoms with E-state index < -0.39 is 0 Å². The summed E-state index contributed by atoms with van der Waals surface area (Å²) >= 11 is 0. The van der Waals surface area contributed by atoms with E-state index in [0.717, 1.165) is 43.6 Å². The molecule has 128 valence electrons. The topological polar surface area (TPSA) is 87.8 Å². The number of benzene rings is 1. The molecule has 2 amide bonds. The van der Waals surface area contributed by atoms with Crippen molar-refractivity contribution in [3.8, 4) is 0 Å². The summed E-state index contributed by atoms with van der Waals surface area (Å²) < 4.78 is 0. The number of primary amides is 1. The van der Waals surface area contributed by atoms with Gasteiger partial charge in [0.1, 0.15) is 0 Å². The predicted molar refractivity (Wildman–Crippen MR) is 93.9 cm³/mol. The van der Waals surface area contributed by atoms with Crippen molar-refractivity contribution in [2.75, 3.05) is 11.6 Å². The first-order valence-corrected chi connectivity index (χ1v) is 8.55. The molecule has 0 spiro atoms. The molecule has 1 aromatic carbocycles. The molecule has 0 bridgehead atoms. The Morgan fingerprint density at radius 2 is 2.00 bits per heavy atom. The van der Waals surface area contributed by atoms with Gasteiger partial charge in [-0.05, 0) is 50.5 Å². The van der Waals surface area contributed by atoms with Crippen LogP contribution in [0.1, 0.15) is 49.4 Å². The van der Waals surface area contributed by atoms with E-state index in [2.05, 4.69) is 10.4 Å². The molecular formula is C18H24N4O2. The third-order valence-electron chi connectivity index (χ3n) is 4.82. The van der Waals surface area contributed by atoms with Crippen LogP contribution >= 0.6 is 0 Å². The maximum Gasteiger partial charge on any atom is 0.251 e. The zero-order chi connectivity index (χ0) is 17.1. The molecule has 0 aromatic heterocycles. The largest absolute Gasteiger partial charge is 0.369 e. The highest BCUT2D eigenvalue weighted by atomic mass is 16.2. The lowest BCUT2D eigenvalue weighted by Crippen LogP contribution is -2.41. The highest BCUT2D eigenvalue weighted by molar-refractivity contribution is 5.95. The van der Waals surface area contributed by atoms with Gasteiger partial charge in [0.2, 0.25) is 5.91 Å². The molecule has 3 N–H and O–H groups in total. The number of carbonyl (C=O) groups excluding carboxylic acids is 2. The molecule has 0 radical (unpaired) electrons. The van der Waals surface area contributed by atoms with Crippen LogP contribution in [0.25, 0.3) is 0 Å². The first-order chi connectivity index (χ1) is 11.5. The lowest BCUT2D eigenvalue weighted by molar-refractivity contribution is -0.122. The summed E-state index contributed by atoms with van der Waals surface area (Å²) in [4.78, 5) is 23.7. The van der Waals surface area contributed by atoms with Gasteiger partial charge in [0.25, 0.3) is 5.91 Å². The standard InChI is InChI=1S/C18H24N4O2/c1-12-9-10-22(21-12)16-7-5-13(6-8-16)18(24)20-15-4-2-3-14(11-15)17(19)23/h5-8,14-15H,2-4,9-11H2,1H3,(H2,19,23)(H,20,24)/t14-,15+/m1/s1. The second-order valence-electron chi connectivity index (χ2n) is 6.69. The first-order valence-electron chi connectivity index (χ1n) is 8.55. The summed E-state index contributed by atoms with van der Waals surface area (Å²) in [6.45, 7) is 2.90. The summed E-state index contributed by atoms with van der Waals surface area (Å²) in [5.41, 5.74) is 8.13. The van der Waals surface area contributed by atoms with Crippen molar-refractivity contribution in [1.82, 2.24) is 5.32 Å². The fraction of sp³-hybridized carbons (Fsp3) is 0.500. The maximum atomic E-state index is 12.4. The van der Waals surface area contributed by atoms with Crippen LogP contribution in [0.15, 0.2) is 29.4 Å². The van der Waals surface area contributed by atoms with Crippen molar-refractivity contribution in [3.63, 3.8) is 0 Å². The second kappa shape index (κ2) is 7.03. The van der Waals surface area contributed by atoms with Gasteiger partial charge in [0.05, 0.1) is 5.69 Å². The van der Waals surface area contributed by atoms with Crippen molar-refractivity contribution in [3.05, 3.63) is 29.8 Å². The average molecular weight is 328 g/mol. The summed E-state index contributed by atoms with van der Waals surface area (Å²) in [6, 6.07) is 7.51. The minimum absolute atomic E-state index is 0.0225. The molecule has 1 aromatic rings. The summed E-state index contributed by atoms with van der Waals surface area (Å²) in [5.74, 6) is -0.486. The van der Waals surface area contributed by atoms with Crippen LogP contribution in [-0.4, -0.2) is 30.1 Å². The van der Waals surface area contributed by atoms with E-state index in [4.69, 9.17) is 5.73 Å². The number of hydrogen-bond donors (Lipinski definition) is 2. The van der Waals surface area contributed by atoms with Gasteiger partial charge >= 0.3 is 0 Å². The monoisotopic (exact) mass is 328 g/mol. The fourth-order valence-electron chi connectivity index (χ4n) is 3.39. The second-order valence-corrected chi connectivity index (χ2v) is 6.69. The van der Waals surface area contributed by atoms with Gasteiger partial charge in [-0.3, -0.25) is 14.6 Å². The Morgan fingerprint density at radius 3 is 2.62 bits per heavy atom. The Bertz CT molecular complexity index is 653. The van der Waals surface area contributed by atoms with Crippen molar-refractivity contribution in [1.29, 1.82) is 0 Å². The zero-order valence-electron chi connectivity index (χ0n) is 14.0. The quantitative estimate of drug-likeness (QED) is 0.886. The van der Waals surface area contributed by atoms with Gasteiger partial charge in [-0.2, -0.15) is 5.10 Å². The Morgan fingerprint density at radius 1 is 1.25 bits per heavy atom. The molecule has 0 unspecified atom stereocenters. The van der Waals surface area contributed by atoms with Gasteiger partial charge in [-0.15, -0.1) is 0 Å². The van der Waals surface area contributed by atoms with E-state index in [9.17, 15) is 9.59 Å². The molecule has 1 fully saturated rings. The Balaban J connectivity index is 1.60. The van der Waals surface area contributed by atoms with Crippen LogP contribution in [0.4, 0.5) is 5.69 Å². The van der Waals surface area contributed by atoms with Crippen molar-refractivity contribution in [2.45, 2.75) is 45.1 Å². The summed E-state index contributed by atoms with van der Waals surface area (Å²) in [5, 5.41) is 9.44. The normalized spacial score (nSPS) is 23.7. The maximum absolute atomic E-state index is 12.4. The van der Waals surface area contributed by atoms with Crippen LogP contribution < -0.4 is 16.1 Å². The molecule has 0 saturated heterocycles. The Hall–Kier alpha value is -2.37. The third-order valence-corrected chi connectivity index (χ3v) is 4.82. The molecular weight excluding hydrogens is 304 g/mol. The number of nitrogens with zero attached hydrogens (tertiary/aromatic N) is 2. The van der Waals surface area contributed by atoms with E-state index in [1.807, 2.05) is 36.2 Å². The molecule has 1 aliphatic carbocycles. The molecule has 3 rings (SSSR count). The van der Waals surface area contributed by atoms with Gasteiger partial charge in [0, 0.05) is 36.2 Å². The number of amides is 2. The molecule has 1 aliphatic heterocycles. The van der Waals surface area contributed by atoms with Crippen LogP contribution in [0.3, 0.4) is 0 Å². The average Bonchev–Trinajstić information content (AvgIpc) is 3.01. The fourth-order valence-corrected chi connectivity index (χ4v) is 3.39. The van der Waals surface area contributed by atoms with Crippen LogP contribution in [-0.2, 0) is 4.79 Å². The number of rotatable bonds is 4. The minimum atomic E-state index is -0.264. The minimum Gasteiger partial charge on any atom is -0.369 e. The molecule has 1 saturated carbocycles. The van der Waals surface area contributed by atoms with Gasteiger partial charge in [0.15, 0.2) is 0 Å². The van der Waals surface area contributed by atoms with Crippen molar-refractivity contribution >= 4 is 23.2 Å². The summed E-state index contributed by atoms with van der Waals surface area (Å²) in [6.07, 6.45) is 4.26. The van der Waals surface area contributed by atoms with Crippen molar-refractivity contribution in [2.24, 2.45) is 16.8 Å². The number of carbonyl (C=O) groups is 2. The molecule has 2 atom stereocenters. The van der Waals surface area contributed by atoms with E-state index in [-0.39, 0.29) is 23.8 Å². The van der Waals surface area contributed by atoms with Crippen LogP contribution in [0.2, 0.25) is 0 Å². The number of hydrazone groups is 1. The van der Waals surface area contributed by atoms with E-state index >= 15 is 0 Å². The number of hydrogen-bond acceptors (Lipinski definition) is 4. The van der Waals surface area contributed by atoms with Crippen LogP contribution in [0, 0.1) is 5.92 Å². The third kappa shape index (κ3) is 3.75. The van der Waals surface area contributed by atoms with Gasteiger partial charge in [-0.25, -0.2) is 0 Å².